The molecule has 0 heterocycles. The van der Waals surface area contributed by atoms with Gasteiger partial charge in [0.1, 0.15) is 0 Å². The number of carbonyl (C=O) groups is 1. The lowest BCUT2D eigenvalue weighted by Crippen LogP contribution is -2.09. The van der Waals surface area contributed by atoms with Gasteiger partial charge < -0.3 is 0 Å². The molecule has 4 aromatic rings. The lowest BCUT2D eigenvalue weighted by molar-refractivity contribution is 0.0979. The topological polar surface area (TPSA) is 17.1 Å². The van der Waals surface area contributed by atoms with E-state index in [1.165, 1.54) is 11.1 Å². The minimum atomic E-state index is 0.0591. The van der Waals surface area contributed by atoms with Crippen molar-refractivity contribution >= 4 is 16.6 Å². The van der Waals surface area contributed by atoms with Gasteiger partial charge in [0, 0.05) is 17.9 Å². The van der Waals surface area contributed by atoms with Crippen LogP contribution in [0, 0.1) is 0 Å². The molecule has 26 heavy (non-hydrogen) atoms. The van der Waals surface area contributed by atoms with E-state index in [4.69, 9.17) is 0 Å². The molecule has 1 heteroatoms. The lowest BCUT2D eigenvalue weighted by Gasteiger charge is -2.18. The Kier molecular flexibility index (Phi) is 4.61. The molecule has 0 radical (unpaired) electrons. The van der Waals surface area contributed by atoms with Gasteiger partial charge in [-0.2, -0.15) is 0 Å². The van der Waals surface area contributed by atoms with Crippen LogP contribution in [0.5, 0.6) is 0 Å². The van der Waals surface area contributed by atoms with Crippen molar-refractivity contribution in [2.45, 2.75) is 12.3 Å². The van der Waals surface area contributed by atoms with Gasteiger partial charge in [-0.3, -0.25) is 4.79 Å². The second kappa shape index (κ2) is 7.37. The molecule has 126 valence electrons. The first-order chi connectivity index (χ1) is 12.8. The van der Waals surface area contributed by atoms with Crippen LogP contribution in [0.4, 0.5) is 0 Å². The minimum Gasteiger partial charge on any atom is -0.294 e. The monoisotopic (exact) mass is 336 g/mol. The summed E-state index contributed by atoms with van der Waals surface area (Å²) in [6.45, 7) is 0. The Balaban J connectivity index is 1.73. The Labute approximate surface area is 153 Å². The Morgan fingerprint density at radius 1 is 0.615 bits per heavy atom. The molecule has 4 aromatic carbocycles. The number of rotatable bonds is 5. The van der Waals surface area contributed by atoms with Gasteiger partial charge in [-0.1, -0.05) is 103 Å². The van der Waals surface area contributed by atoms with Crippen molar-refractivity contribution in [2.75, 3.05) is 0 Å². The Bertz CT molecular complexity index is 975. The highest BCUT2D eigenvalue weighted by atomic mass is 16.1. The first kappa shape index (κ1) is 16.3. The van der Waals surface area contributed by atoms with Crippen LogP contribution in [0.25, 0.3) is 10.8 Å². The third-order valence-electron chi connectivity index (χ3n) is 4.88. The van der Waals surface area contributed by atoms with Crippen LogP contribution >= 0.6 is 0 Å². The molecule has 0 saturated heterocycles. The largest absolute Gasteiger partial charge is 0.294 e. The number of fused-ring (bicyclic) bond motifs is 1. The van der Waals surface area contributed by atoms with E-state index in [-0.39, 0.29) is 11.7 Å². The normalized spacial score (nSPS) is 11.0. The predicted molar refractivity (Wildman–Crippen MR) is 108 cm³/mol. The molecule has 0 aliphatic carbocycles. The molecule has 0 amide bonds. The zero-order chi connectivity index (χ0) is 17.8. The first-order valence-electron chi connectivity index (χ1n) is 8.94. The van der Waals surface area contributed by atoms with Crippen molar-refractivity contribution < 1.29 is 4.79 Å². The fourth-order valence-corrected chi connectivity index (χ4v) is 3.56. The molecular weight excluding hydrogens is 316 g/mol. The molecule has 0 fully saturated rings. The fourth-order valence-electron chi connectivity index (χ4n) is 3.56. The standard InChI is InChI=1S/C25H20O/c26-25(23-17-9-15-19-14-7-8-16-22(19)23)18-24(20-10-3-1-4-11-20)21-12-5-2-6-13-21/h1-17,24H,18H2. The highest BCUT2D eigenvalue weighted by molar-refractivity contribution is 6.08. The van der Waals surface area contributed by atoms with E-state index in [9.17, 15) is 4.79 Å². The number of ketones is 1. The molecule has 0 aliphatic rings. The molecule has 0 atom stereocenters. The number of Topliss-reactive ketones (excluding diaryl/α,β-unsaturated/α-hetero) is 1. The van der Waals surface area contributed by atoms with Crippen molar-refractivity contribution in [2.24, 2.45) is 0 Å². The molecule has 0 spiro atoms. The summed E-state index contributed by atoms with van der Waals surface area (Å²) in [7, 11) is 0. The van der Waals surface area contributed by atoms with Crippen LogP contribution in [0.15, 0.2) is 103 Å². The zero-order valence-corrected chi connectivity index (χ0v) is 14.5. The van der Waals surface area contributed by atoms with Crippen LogP contribution in [0.3, 0.4) is 0 Å². The lowest BCUT2D eigenvalue weighted by atomic mass is 9.85. The van der Waals surface area contributed by atoms with Gasteiger partial charge in [0.2, 0.25) is 0 Å². The van der Waals surface area contributed by atoms with Gasteiger partial charge in [0.25, 0.3) is 0 Å². The van der Waals surface area contributed by atoms with Crippen LogP contribution in [0.2, 0.25) is 0 Å². The summed E-state index contributed by atoms with van der Waals surface area (Å²) in [5.41, 5.74) is 3.15. The maximum Gasteiger partial charge on any atom is 0.164 e. The average Bonchev–Trinajstić information content (AvgIpc) is 2.72. The second-order valence-electron chi connectivity index (χ2n) is 6.53. The van der Waals surface area contributed by atoms with Crippen molar-refractivity contribution in [1.29, 1.82) is 0 Å². The molecule has 0 saturated carbocycles. The number of carbonyl (C=O) groups excluding carboxylic acids is 1. The zero-order valence-electron chi connectivity index (χ0n) is 14.5. The Morgan fingerprint density at radius 3 is 1.81 bits per heavy atom. The van der Waals surface area contributed by atoms with Gasteiger partial charge in [-0.05, 0) is 21.9 Å². The summed E-state index contributed by atoms with van der Waals surface area (Å²) in [4.78, 5) is 13.2. The van der Waals surface area contributed by atoms with Crippen molar-refractivity contribution in [1.82, 2.24) is 0 Å². The van der Waals surface area contributed by atoms with Crippen LogP contribution in [0.1, 0.15) is 33.8 Å². The average molecular weight is 336 g/mol. The SMILES string of the molecule is O=C(CC(c1ccccc1)c1ccccc1)c1cccc2ccccc12. The summed E-state index contributed by atoms with van der Waals surface area (Å²) in [6.07, 6.45) is 0.460. The molecule has 0 unspecified atom stereocenters. The van der Waals surface area contributed by atoms with E-state index in [2.05, 4.69) is 36.4 Å². The Hall–Kier alpha value is -3.19. The smallest absolute Gasteiger partial charge is 0.164 e. The third kappa shape index (κ3) is 3.29. The molecule has 0 aromatic heterocycles. The van der Waals surface area contributed by atoms with Crippen molar-refractivity contribution in [3.63, 3.8) is 0 Å². The van der Waals surface area contributed by atoms with Gasteiger partial charge in [0.05, 0.1) is 0 Å². The maximum atomic E-state index is 13.2. The summed E-state index contributed by atoms with van der Waals surface area (Å²) in [5.74, 6) is 0.239. The highest BCUT2D eigenvalue weighted by Crippen LogP contribution is 2.30. The second-order valence-corrected chi connectivity index (χ2v) is 6.53. The van der Waals surface area contributed by atoms with E-state index in [0.29, 0.717) is 6.42 Å². The van der Waals surface area contributed by atoms with Gasteiger partial charge in [0.15, 0.2) is 5.78 Å². The molecule has 4 rings (SSSR count). The van der Waals surface area contributed by atoms with Crippen molar-refractivity contribution in [3.05, 3.63) is 120 Å². The van der Waals surface area contributed by atoms with E-state index >= 15 is 0 Å². The molecule has 0 bridgehead atoms. The molecular formula is C25H20O. The van der Waals surface area contributed by atoms with Crippen LogP contribution < -0.4 is 0 Å². The number of hydrogen-bond acceptors (Lipinski definition) is 1. The minimum absolute atomic E-state index is 0.0591. The van der Waals surface area contributed by atoms with Crippen LogP contribution in [-0.4, -0.2) is 5.78 Å². The van der Waals surface area contributed by atoms with Crippen molar-refractivity contribution in [3.8, 4) is 0 Å². The predicted octanol–water partition coefficient (Wildman–Crippen LogP) is 6.24. The first-order valence-corrected chi connectivity index (χ1v) is 8.94. The van der Waals surface area contributed by atoms with Gasteiger partial charge >= 0.3 is 0 Å². The highest BCUT2D eigenvalue weighted by Gasteiger charge is 2.20. The van der Waals surface area contributed by atoms with E-state index in [1.807, 2.05) is 66.7 Å². The summed E-state index contributed by atoms with van der Waals surface area (Å²) >= 11 is 0. The van der Waals surface area contributed by atoms with E-state index in [1.54, 1.807) is 0 Å². The Morgan fingerprint density at radius 2 is 1.15 bits per heavy atom. The summed E-state index contributed by atoms with van der Waals surface area (Å²) in [5, 5.41) is 2.13. The summed E-state index contributed by atoms with van der Waals surface area (Å²) < 4.78 is 0. The molecule has 1 nitrogen and oxygen atoms in total. The molecule has 0 N–H and O–H groups in total. The molecule has 0 aliphatic heterocycles. The fraction of sp³-hybridized carbons (Fsp3) is 0.0800. The number of benzene rings is 4. The quantitative estimate of drug-likeness (QED) is 0.394. The third-order valence-corrected chi connectivity index (χ3v) is 4.88. The van der Waals surface area contributed by atoms with Gasteiger partial charge in [-0.25, -0.2) is 0 Å². The number of hydrogen-bond donors (Lipinski definition) is 0. The maximum absolute atomic E-state index is 13.2. The van der Waals surface area contributed by atoms with E-state index < -0.39 is 0 Å². The van der Waals surface area contributed by atoms with Crippen LogP contribution in [-0.2, 0) is 0 Å². The van der Waals surface area contributed by atoms with Gasteiger partial charge in [-0.15, -0.1) is 0 Å². The van der Waals surface area contributed by atoms with E-state index in [0.717, 1.165) is 16.3 Å². The summed E-state index contributed by atoms with van der Waals surface area (Å²) in [6, 6.07) is 34.6.